The molecule has 6 heteroatoms. The fraction of sp³-hybridized carbons (Fsp3) is 0.182. The molecule has 0 unspecified atom stereocenters. The van der Waals surface area contributed by atoms with Crippen LogP contribution in [0.2, 0.25) is 0 Å². The van der Waals surface area contributed by atoms with E-state index in [1.807, 2.05) is 6.07 Å². The van der Waals surface area contributed by atoms with Crippen molar-refractivity contribution in [3.8, 4) is 23.4 Å². The highest BCUT2D eigenvalue weighted by Crippen LogP contribution is 2.28. The number of hydrogen-bond acceptors (Lipinski definition) is 6. The van der Waals surface area contributed by atoms with E-state index in [1.54, 1.807) is 19.1 Å². The molecule has 2 aromatic heterocycles. The van der Waals surface area contributed by atoms with Crippen LogP contribution in [0.15, 0.2) is 22.8 Å². The van der Waals surface area contributed by atoms with Gasteiger partial charge in [0.25, 0.3) is 0 Å². The Kier molecular flexibility index (Phi) is 2.92. The third-order valence-electron chi connectivity index (χ3n) is 2.04. The largest absolute Gasteiger partial charge is 0.477 e. The zero-order valence-electron chi connectivity index (χ0n) is 9.17. The number of nitrogen functional groups attached to an aromatic ring is 1. The fourth-order valence-electron chi connectivity index (χ4n) is 1.39. The second kappa shape index (κ2) is 4.53. The smallest absolute Gasteiger partial charge is 0.237 e. The molecule has 0 saturated carbocycles. The molecular weight excluding hydrogens is 220 g/mol. The minimum absolute atomic E-state index is 0.0406. The van der Waals surface area contributed by atoms with Gasteiger partial charge in [0.15, 0.2) is 5.76 Å². The van der Waals surface area contributed by atoms with Gasteiger partial charge in [0.2, 0.25) is 11.8 Å². The van der Waals surface area contributed by atoms with E-state index in [-0.39, 0.29) is 17.4 Å². The van der Waals surface area contributed by atoms with Gasteiger partial charge in [-0.1, -0.05) is 0 Å². The van der Waals surface area contributed by atoms with Crippen molar-refractivity contribution in [3.05, 3.63) is 24.0 Å². The van der Waals surface area contributed by atoms with Gasteiger partial charge in [0.1, 0.15) is 17.3 Å². The summed E-state index contributed by atoms with van der Waals surface area (Å²) in [6.45, 7) is 2.19. The van der Waals surface area contributed by atoms with Crippen molar-refractivity contribution in [2.75, 3.05) is 12.3 Å². The average molecular weight is 230 g/mol. The number of nitrogens with two attached hydrogens (primary N) is 1. The lowest BCUT2D eigenvalue weighted by atomic mass is 10.2. The lowest BCUT2D eigenvalue weighted by Gasteiger charge is -2.07. The Balaban J connectivity index is 2.62. The van der Waals surface area contributed by atoms with E-state index < -0.39 is 0 Å². The maximum absolute atomic E-state index is 9.12. The zero-order valence-corrected chi connectivity index (χ0v) is 9.17. The quantitative estimate of drug-likeness (QED) is 0.859. The van der Waals surface area contributed by atoms with Crippen LogP contribution in [0.4, 0.5) is 5.95 Å². The molecule has 0 spiro atoms. The van der Waals surface area contributed by atoms with E-state index in [2.05, 4.69) is 9.97 Å². The van der Waals surface area contributed by atoms with Crippen molar-refractivity contribution in [1.29, 1.82) is 5.26 Å². The zero-order chi connectivity index (χ0) is 12.3. The molecule has 0 atom stereocenters. The van der Waals surface area contributed by atoms with Crippen LogP contribution in [0.1, 0.15) is 12.5 Å². The molecule has 2 aromatic rings. The van der Waals surface area contributed by atoms with Crippen LogP contribution in [0.25, 0.3) is 11.5 Å². The van der Waals surface area contributed by atoms with Gasteiger partial charge in [-0.3, -0.25) is 0 Å². The predicted octanol–water partition coefficient (Wildman–Crippen LogP) is 1.59. The highest BCUT2D eigenvalue weighted by Gasteiger charge is 2.17. The minimum Gasteiger partial charge on any atom is -0.477 e. The highest BCUT2D eigenvalue weighted by molar-refractivity contribution is 5.65. The summed E-state index contributed by atoms with van der Waals surface area (Å²) in [5.41, 5.74) is 6.13. The standard InChI is InChI=1S/C11H10N4O2/c1-2-16-10-7(6-12)9(14-11(13)15-10)8-4-3-5-17-8/h3-5H,2H2,1H3,(H2,13,14,15). The third-order valence-corrected chi connectivity index (χ3v) is 2.04. The molecule has 0 saturated heterocycles. The molecule has 17 heavy (non-hydrogen) atoms. The minimum atomic E-state index is 0.0406. The third kappa shape index (κ3) is 2.03. The molecule has 2 rings (SSSR count). The maximum Gasteiger partial charge on any atom is 0.237 e. The van der Waals surface area contributed by atoms with E-state index in [0.29, 0.717) is 18.1 Å². The number of hydrogen-bond donors (Lipinski definition) is 1. The number of nitriles is 1. The van der Waals surface area contributed by atoms with Crippen LogP contribution in [0.5, 0.6) is 5.88 Å². The summed E-state index contributed by atoms with van der Waals surface area (Å²) in [6, 6.07) is 5.40. The van der Waals surface area contributed by atoms with Crippen molar-refractivity contribution in [1.82, 2.24) is 9.97 Å². The number of aromatic nitrogens is 2. The Labute approximate surface area is 97.7 Å². The average Bonchev–Trinajstić information content (AvgIpc) is 2.82. The first-order chi connectivity index (χ1) is 8.26. The molecule has 0 aliphatic carbocycles. The van der Waals surface area contributed by atoms with Crippen molar-refractivity contribution in [2.45, 2.75) is 6.92 Å². The van der Waals surface area contributed by atoms with Gasteiger partial charge in [-0.2, -0.15) is 10.2 Å². The van der Waals surface area contributed by atoms with Gasteiger partial charge in [0, 0.05) is 0 Å². The molecule has 86 valence electrons. The van der Waals surface area contributed by atoms with Crippen molar-refractivity contribution in [3.63, 3.8) is 0 Å². The highest BCUT2D eigenvalue weighted by atomic mass is 16.5. The predicted molar refractivity (Wildman–Crippen MR) is 60.0 cm³/mol. The SMILES string of the molecule is CCOc1nc(N)nc(-c2ccco2)c1C#N. The van der Waals surface area contributed by atoms with Gasteiger partial charge < -0.3 is 14.9 Å². The number of anilines is 1. The summed E-state index contributed by atoms with van der Waals surface area (Å²) in [7, 11) is 0. The van der Waals surface area contributed by atoms with Gasteiger partial charge in [-0.15, -0.1) is 0 Å². The van der Waals surface area contributed by atoms with E-state index >= 15 is 0 Å². The molecule has 0 aliphatic heterocycles. The van der Waals surface area contributed by atoms with Gasteiger partial charge in [-0.05, 0) is 19.1 Å². The summed E-state index contributed by atoms with van der Waals surface area (Å²) in [4.78, 5) is 7.88. The van der Waals surface area contributed by atoms with E-state index in [1.165, 1.54) is 6.26 Å². The van der Waals surface area contributed by atoms with Gasteiger partial charge >= 0.3 is 0 Å². The van der Waals surface area contributed by atoms with Crippen LogP contribution in [0.3, 0.4) is 0 Å². The number of rotatable bonds is 3. The summed E-state index contributed by atoms with van der Waals surface area (Å²) >= 11 is 0. The first kappa shape index (κ1) is 11.0. The molecule has 6 nitrogen and oxygen atoms in total. The van der Waals surface area contributed by atoms with Gasteiger partial charge in [-0.25, -0.2) is 4.98 Å². The van der Waals surface area contributed by atoms with E-state index in [9.17, 15) is 0 Å². The second-order valence-electron chi connectivity index (χ2n) is 3.13. The van der Waals surface area contributed by atoms with Crippen molar-refractivity contribution < 1.29 is 9.15 Å². The van der Waals surface area contributed by atoms with E-state index in [4.69, 9.17) is 20.1 Å². The summed E-state index contributed by atoms with van der Waals surface area (Å²) in [5, 5.41) is 9.12. The molecule has 0 aromatic carbocycles. The Hall–Kier alpha value is -2.55. The molecule has 2 N–H and O–H groups in total. The van der Waals surface area contributed by atoms with Crippen LogP contribution in [-0.2, 0) is 0 Å². The number of furan rings is 1. The lowest BCUT2D eigenvalue weighted by Crippen LogP contribution is -2.05. The first-order valence-electron chi connectivity index (χ1n) is 5.00. The van der Waals surface area contributed by atoms with Crippen molar-refractivity contribution >= 4 is 5.95 Å². The molecule has 2 heterocycles. The van der Waals surface area contributed by atoms with Crippen LogP contribution < -0.4 is 10.5 Å². The number of nitrogens with zero attached hydrogens (tertiary/aromatic N) is 3. The summed E-state index contributed by atoms with van der Waals surface area (Å²) < 4.78 is 10.4. The number of ether oxygens (including phenoxy) is 1. The van der Waals surface area contributed by atoms with E-state index in [0.717, 1.165) is 0 Å². The topological polar surface area (TPSA) is 98.0 Å². The Bertz CT molecular complexity index is 558. The maximum atomic E-state index is 9.12. The van der Waals surface area contributed by atoms with Crippen LogP contribution >= 0.6 is 0 Å². The Morgan fingerprint density at radius 1 is 1.53 bits per heavy atom. The second-order valence-corrected chi connectivity index (χ2v) is 3.13. The lowest BCUT2D eigenvalue weighted by molar-refractivity contribution is 0.326. The van der Waals surface area contributed by atoms with Crippen molar-refractivity contribution in [2.24, 2.45) is 0 Å². The van der Waals surface area contributed by atoms with Crippen LogP contribution in [-0.4, -0.2) is 16.6 Å². The molecule has 0 aliphatic rings. The monoisotopic (exact) mass is 230 g/mol. The summed E-state index contributed by atoms with van der Waals surface area (Å²) in [6.07, 6.45) is 1.50. The Morgan fingerprint density at radius 3 is 2.94 bits per heavy atom. The summed E-state index contributed by atoms with van der Waals surface area (Å²) in [5.74, 6) is 0.671. The molecule has 0 bridgehead atoms. The van der Waals surface area contributed by atoms with Crippen LogP contribution in [0, 0.1) is 11.3 Å². The molecule has 0 amide bonds. The molecule has 0 fully saturated rings. The Morgan fingerprint density at radius 2 is 2.35 bits per heavy atom. The molecule has 0 radical (unpaired) electrons. The fourth-order valence-corrected chi connectivity index (χ4v) is 1.39. The first-order valence-corrected chi connectivity index (χ1v) is 5.00. The normalized spacial score (nSPS) is 9.88. The van der Waals surface area contributed by atoms with Gasteiger partial charge in [0.05, 0.1) is 12.9 Å². The molecular formula is C11H10N4O2.